The van der Waals surface area contributed by atoms with E-state index in [0.29, 0.717) is 0 Å². The highest BCUT2D eigenvalue weighted by Gasteiger charge is 2.10. The zero-order valence-electron chi connectivity index (χ0n) is 13.0. The number of halogens is 1. The summed E-state index contributed by atoms with van der Waals surface area (Å²) in [7, 11) is 0. The van der Waals surface area contributed by atoms with Crippen molar-refractivity contribution < 1.29 is 0 Å². The lowest BCUT2D eigenvalue weighted by atomic mass is 9.93. The Labute approximate surface area is 133 Å². The van der Waals surface area contributed by atoms with Gasteiger partial charge in [-0.2, -0.15) is 0 Å². The minimum atomic E-state index is 0.109. The normalized spacial score (nSPS) is 16.4. The van der Waals surface area contributed by atoms with Gasteiger partial charge >= 0.3 is 0 Å². The summed E-state index contributed by atoms with van der Waals surface area (Å²) in [5.41, 5.74) is 4.38. The summed E-state index contributed by atoms with van der Waals surface area (Å²) in [5, 5.41) is 0. The summed E-state index contributed by atoms with van der Waals surface area (Å²) in [5.74, 6) is 1.60. The molecule has 0 nitrogen and oxygen atoms in total. The van der Waals surface area contributed by atoms with E-state index >= 15 is 0 Å². The molecule has 1 aliphatic rings. The lowest BCUT2D eigenvalue weighted by molar-refractivity contribution is 0.435. The van der Waals surface area contributed by atoms with Gasteiger partial charge < -0.3 is 0 Å². The first-order valence-corrected chi connectivity index (χ1v) is 9.79. The SMILES string of the molecule is Cc1ccccc1CC1=CI=C(C[C@H](C)C(C)C)C=C1. The minimum Gasteiger partial charge on any atom is -0.0898 e. The van der Waals surface area contributed by atoms with Crippen LogP contribution in [0.2, 0.25) is 0 Å². The molecule has 1 heteroatoms. The van der Waals surface area contributed by atoms with Crippen molar-refractivity contribution in [2.75, 3.05) is 0 Å². The highest BCUT2D eigenvalue weighted by molar-refractivity contribution is 14.2. The van der Waals surface area contributed by atoms with E-state index in [1.54, 1.807) is 3.51 Å². The Bertz CT molecular complexity index is 547. The first kappa shape index (κ1) is 15.7. The highest BCUT2D eigenvalue weighted by atomic mass is 127. The Hall–Kier alpha value is -0.700. The second-order valence-electron chi connectivity index (χ2n) is 6.10. The van der Waals surface area contributed by atoms with Crippen LogP contribution in [-0.2, 0) is 6.42 Å². The van der Waals surface area contributed by atoms with Crippen LogP contribution < -0.4 is 0 Å². The molecule has 2 rings (SSSR count). The quantitative estimate of drug-likeness (QED) is 0.565. The van der Waals surface area contributed by atoms with E-state index < -0.39 is 0 Å². The maximum Gasteiger partial charge on any atom is -0.00188 e. The van der Waals surface area contributed by atoms with Gasteiger partial charge in [-0.1, -0.05) is 77.9 Å². The van der Waals surface area contributed by atoms with Crippen molar-refractivity contribution in [2.45, 2.75) is 40.5 Å². The fourth-order valence-corrected chi connectivity index (χ4v) is 4.76. The van der Waals surface area contributed by atoms with E-state index in [1.165, 1.54) is 23.1 Å². The third-order valence-electron chi connectivity index (χ3n) is 4.12. The molecule has 0 bridgehead atoms. The first-order valence-electron chi connectivity index (χ1n) is 7.47. The maximum absolute atomic E-state index is 2.52. The van der Waals surface area contributed by atoms with Crippen LogP contribution >= 0.6 is 20.7 Å². The predicted molar refractivity (Wildman–Crippen MR) is 99.8 cm³/mol. The Morgan fingerprint density at radius 2 is 1.80 bits per heavy atom. The van der Waals surface area contributed by atoms with Gasteiger partial charge in [-0.3, -0.25) is 0 Å². The molecule has 0 radical (unpaired) electrons. The lowest BCUT2D eigenvalue weighted by Gasteiger charge is -2.17. The molecule has 0 unspecified atom stereocenters. The molecule has 1 aromatic carbocycles. The van der Waals surface area contributed by atoms with Crippen molar-refractivity contribution in [1.29, 1.82) is 0 Å². The van der Waals surface area contributed by atoms with E-state index in [0.717, 1.165) is 18.3 Å². The molecule has 1 aromatic rings. The second-order valence-corrected chi connectivity index (χ2v) is 8.73. The van der Waals surface area contributed by atoms with Crippen LogP contribution in [-0.4, -0.2) is 3.51 Å². The van der Waals surface area contributed by atoms with Gasteiger partial charge in [-0.05, 0) is 55.9 Å². The fraction of sp³-hybridized carbons (Fsp3) is 0.421. The topological polar surface area (TPSA) is 0 Å². The molecule has 1 aliphatic heterocycles. The Balaban J connectivity index is 2.01. The molecule has 0 aromatic heterocycles. The summed E-state index contributed by atoms with van der Waals surface area (Å²) in [6.45, 7) is 9.24. The molecule has 1 heterocycles. The minimum absolute atomic E-state index is 0.109. The summed E-state index contributed by atoms with van der Waals surface area (Å²) >= 11 is 0.109. The van der Waals surface area contributed by atoms with Gasteiger partial charge in [-0.15, -0.1) is 0 Å². The van der Waals surface area contributed by atoms with Gasteiger partial charge in [0.2, 0.25) is 0 Å². The molecule has 0 fully saturated rings. The Morgan fingerprint density at radius 1 is 1.05 bits per heavy atom. The number of hydrogen-bond acceptors (Lipinski definition) is 0. The van der Waals surface area contributed by atoms with Crippen LogP contribution in [0.5, 0.6) is 0 Å². The zero-order chi connectivity index (χ0) is 14.5. The largest absolute Gasteiger partial charge is 0.0898 e. The zero-order valence-corrected chi connectivity index (χ0v) is 15.1. The van der Waals surface area contributed by atoms with Gasteiger partial charge in [-0.25, -0.2) is 0 Å². The molecule has 0 saturated carbocycles. The van der Waals surface area contributed by atoms with Crippen molar-refractivity contribution in [2.24, 2.45) is 11.8 Å². The highest BCUT2D eigenvalue weighted by Crippen LogP contribution is 2.25. The third-order valence-corrected chi connectivity index (χ3v) is 6.84. The predicted octanol–water partition coefficient (Wildman–Crippen LogP) is 5.82. The number of benzene rings is 1. The molecule has 0 aliphatic carbocycles. The maximum atomic E-state index is 2.52. The molecular weight excluding hydrogens is 355 g/mol. The van der Waals surface area contributed by atoms with Gasteiger partial charge in [0.1, 0.15) is 0 Å². The molecular formula is C19H25I. The number of allylic oxidation sites excluding steroid dienone is 3. The molecule has 0 amide bonds. The standard InChI is InChI=1S/C19H25I/c1-14(2)16(4)11-19-10-9-17(13-20-19)12-18-8-6-5-7-15(18)3/h5-10,13-14,16H,11-12H2,1-4H3/t16-/m0/s1. The van der Waals surface area contributed by atoms with Crippen LogP contribution in [0.4, 0.5) is 0 Å². The number of hydrogen-bond donors (Lipinski definition) is 0. The van der Waals surface area contributed by atoms with Crippen molar-refractivity contribution >= 4 is 24.2 Å². The first-order chi connectivity index (χ1) is 9.56. The second kappa shape index (κ2) is 7.35. The van der Waals surface area contributed by atoms with Gasteiger partial charge in [0.25, 0.3) is 0 Å². The van der Waals surface area contributed by atoms with Gasteiger partial charge in [0.05, 0.1) is 0 Å². The molecule has 0 saturated heterocycles. The monoisotopic (exact) mass is 380 g/mol. The van der Waals surface area contributed by atoms with Crippen LogP contribution in [0.1, 0.15) is 38.3 Å². The molecule has 0 N–H and O–H groups in total. The van der Waals surface area contributed by atoms with E-state index in [4.69, 9.17) is 0 Å². The van der Waals surface area contributed by atoms with Gasteiger partial charge in [0.15, 0.2) is 0 Å². The molecule has 0 spiro atoms. The van der Waals surface area contributed by atoms with Gasteiger partial charge in [0, 0.05) is 0 Å². The van der Waals surface area contributed by atoms with Crippen molar-refractivity contribution in [3.8, 4) is 0 Å². The molecule has 20 heavy (non-hydrogen) atoms. The average molecular weight is 380 g/mol. The fourth-order valence-electron chi connectivity index (χ4n) is 2.19. The summed E-state index contributed by atoms with van der Waals surface area (Å²) in [6, 6.07) is 8.73. The third kappa shape index (κ3) is 4.41. The Kier molecular flexibility index (Phi) is 5.76. The smallest absolute Gasteiger partial charge is 0.00188 e. The summed E-state index contributed by atoms with van der Waals surface area (Å²) < 4.78 is 4.21. The van der Waals surface area contributed by atoms with Crippen LogP contribution in [0, 0.1) is 18.8 Å². The van der Waals surface area contributed by atoms with E-state index in [2.05, 4.69) is 68.2 Å². The van der Waals surface area contributed by atoms with Crippen LogP contribution in [0.3, 0.4) is 0 Å². The van der Waals surface area contributed by atoms with Crippen molar-refractivity contribution in [3.05, 3.63) is 57.2 Å². The lowest BCUT2D eigenvalue weighted by Crippen LogP contribution is -2.08. The van der Waals surface area contributed by atoms with Crippen LogP contribution in [0.15, 0.2) is 46.1 Å². The number of aryl methyl sites for hydroxylation is 1. The van der Waals surface area contributed by atoms with E-state index in [1.807, 2.05) is 0 Å². The number of rotatable bonds is 5. The Morgan fingerprint density at radius 3 is 2.40 bits per heavy atom. The molecule has 1 atom stereocenters. The van der Waals surface area contributed by atoms with Crippen molar-refractivity contribution in [1.82, 2.24) is 0 Å². The van der Waals surface area contributed by atoms with E-state index in [9.17, 15) is 0 Å². The summed E-state index contributed by atoms with van der Waals surface area (Å²) in [4.78, 5) is 0. The summed E-state index contributed by atoms with van der Waals surface area (Å²) in [6.07, 6.45) is 7.13. The van der Waals surface area contributed by atoms with Crippen LogP contribution in [0.25, 0.3) is 0 Å². The van der Waals surface area contributed by atoms with E-state index in [-0.39, 0.29) is 20.7 Å². The average Bonchev–Trinajstić information content (AvgIpc) is 2.43. The molecule has 108 valence electrons. The van der Waals surface area contributed by atoms with Crippen molar-refractivity contribution in [3.63, 3.8) is 0 Å².